The molecule has 1 unspecified atom stereocenters. The lowest BCUT2D eigenvalue weighted by molar-refractivity contribution is 0.302. The lowest BCUT2D eigenvalue weighted by Crippen LogP contribution is -2.34. The summed E-state index contributed by atoms with van der Waals surface area (Å²) in [6.07, 6.45) is 27.1. The van der Waals surface area contributed by atoms with Crippen molar-refractivity contribution >= 4 is 6.34 Å². The number of aliphatic imine (C=N–C) groups is 1. The molecule has 0 saturated heterocycles. The molecule has 0 saturated carbocycles. The molecule has 1 aliphatic heterocycles. The van der Waals surface area contributed by atoms with E-state index in [1.165, 1.54) is 89.9 Å². The van der Waals surface area contributed by atoms with E-state index in [0.29, 0.717) is 6.04 Å². The molecule has 0 spiro atoms. The van der Waals surface area contributed by atoms with Crippen LogP contribution in [0.2, 0.25) is 0 Å². The van der Waals surface area contributed by atoms with Gasteiger partial charge in [0.05, 0.1) is 12.9 Å². The van der Waals surface area contributed by atoms with Crippen LogP contribution in [0.25, 0.3) is 0 Å². The molecule has 152 valence electrons. The van der Waals surface area contributed by atoms with Crippen LogP contribution in [0, 0.1) is 0 Å². The third-order valence-corrected chi connectivity index (χ3v) is 5.49. The first-order valence-electron chi connectivity index (χ1n) is 11.5. The van der Waals surface area contributed by atoms with Crippen molar-refractivity contribution in [3.8, 4) is 0 Å². The molecule has 26 heavy (non-hydrogen) atoms. The van der Waals surface area contributed by atoms with E-state index in [2.05, 4.69) is 29.0 Å². The van der Waals surface area contributed by atoms with Crippen LogP contribution < -0.4 is 5.73 Å². The van der Waals surface area contributed by atoms with Crippen LogP contribution in [-0.2, 0) is 0 Å². The van der Waals surface area contributed by atoms with Crippen molar-refractivity contribution in [2.75, 3.05) is 19.6 Å². The predicted molar refractivity (Wildman–Crippen MR) is 117 cm³/mol. The highest BCUT2D eigenvalue weighted by atomic mass is 15.2. The van der Waals surface area contributed by atoms with Crippen LogP contribution in [0.3, 0.4) is 0 Å². The van der Waals surface area contributed by atoms with Crippen molar-refractivity contribution in [3.05, 3.63) is 12.2 Å². The summed E-state index contributed by atoms with van der Waals surface area (Å²) in [4.78, 5) is 6.75. The van der Waals surface area contributed by atoms with Crippen LogP contribution in [-0.4, -0.2) is 36.9 Å². The summed E-state index contributed by atoms with van der Waals surface area (Å²) >= 11 is 0. The van der Waals surface area contributed by atoms with Gasteiger partial charge in [0.25, 0.3) is 0 Å². The fraction of sp³-hybridized carbons (Fsp3) is 0.870. The summed E-state index contributed by atoms with van der Waals surface area (Å²) in [5, 5.41) is 0. The molecular weight excluding hydrogens is 318 g/mol. The number of allylic oxidation sites excluding steroid dienone is 2. The molecule has 0 bridgehead atoms. The van der Waals surface area contributed by atoms with Gasteiger partial charge in [-0.25, -0.2) is 0 Å². The van der Waals surface area contributed by atoms with Gasteiger partial charge in [-0.05, 0) is 45.1 Å². The van der Waals surface area contributed by atoms with Gasteiger partial charge in [0.2, 0.25) is 0 Å². The second-order valence-electron chi connectivity index (χ2n) is 7.86. The minimum atomic E-state index is 0.621. The zero-order valence-corrected chi connectivity index (χ0v) is 17.5. The third-order valence-electron chi connectivity index (χ3n) is 5.49. The molecule has 0 aliphatic carbocycles. The summed E-state index contributed by atoms with van der Waals surface area (Å²) in [6, 6.07) is 0.621. The van der Waals surface area contributed by atoms with Crippen molar-refractivity contribution in [1.82, 2.24) is 4.90 Å². The van der Waals surface area contributed by atoms with E-state index in [1.54, 1.807) is 0 Å². The molecular formula is C23H45N3. The Morgan fingerprint density at radius 2 is 1.50 bits per heavy atom. The van der Waals surface area contributed by atoms with Gasteiger partial charge in [0, 0.05) is 12.6 Å². The number of nitrogens with zero attached hydrogens (tertiary/aromatic N) is 2. The normalized spacial score (nSPS) is 15.4. The van der Waals surface area contributed by atoms with Crippen molar-refractivity contribution in [1.29, 1.82) is 0 Å². The average Bonchev–Trinajstić information content (AvgIpc) is 3.18. The number of rotatable bonds is 18. The Morgan fingerprint density at radius 1 is 0.885 bits per heavy atom. The second kappa shape index (κ2) is 17.6. The Balaban J connectivity index is 1.86. The standard InChI is InChI=1S/C23H45N3/c1-2-3-4-5-6-7-8-9-10-11-12-13-14-15-16-17-23(18-19-24)26-21-20-25-22-26/h9-10,22-23H,2-8,11-21,24H2,1H3/b10-9-. The van der Waals surface area contributed by atoms with Crippen LogP contribution >= 0.6 is 0 Å². The molecule has 3 nitrogen and oxygen atoms in total. The highest BCUT2D eigenvalue weighted by Crippen LogP contribution is 2.15. The molecule has 1 heterocycles. The van der Waals surface area contributed by atoms with E-state index in [1.807, 2.05) is 6.34 Å². The minimum Gasteiger partial charge on any atom is -0.358 e. The Kier molecular flexibility index (Phi) is 15.7. The molecule has 1 atom stereocenters. The van der Waals surface area contributed by atoms with E-state index in [-0.39, 0.29) is 0 Å². The van der Waals surface area contributed by atoms with Gasteiger partial charge in [-0.2, -0.15) is 0 Å². The van der Waals surface area contributed by atoms with Crippen LogP contribution in [0.15, 0.2) is 17.1 Å². The van der Waals surface area contributed by atoms with Crippen LogP contribution in [0.4, 0.5) is 0 Å². The third kappa shape index (κ3) is 12.5. The smallest absolute Gasteiger partial charge is 0.0853 e. The lowest BCUT2D eigenvalue weighted by Gasteiger charge is -2.26. The largest absolute Gasteiger partial charge is 0.358 e. The first kappa shape index (κ1) is 23.2. The number of nitrogens with two attached hydrogens (primary N) is 1. The van der Waals surface area contributed by atoms with Gasteiger partial charge >= 0.3 is 0 Å². The zero-order chi connectivity index (χ0) is 18.7. The van der Waals surface area contributed by atoms with Crippen molar-refractivity contribution in [3.63, 3.8) is 0 Å². The first-order valence-corrected chi connectivity index (χ1v) is 11.5. The quantitative estimate of drug-likeness (QED) is 0.237. The summed E-state index contributed by atoms with van der Waals surface area (Å²) in [6.45, 7) is 5.13. The Morgan fingerprint density at radius 3 is 2.08 bits per heavy atom. The maximum absolute atomic E-state index is 5.78. The van der Waals surface area contributed by atoms with Crippen LogP contribution in [0.1, 0.15) is 103 Å². The van der Waals surface area contributed by atoms with E-state index in [0.717, 1.165) is 26.1 Å². The van der Waals surface area contributed by atoms with Gasteiger partial charge in [0.1, 0.15) is 0 Å². The maximum Gasteiger partial charge on any atom is 0.0853 e. The molecule has 0 aromatic rings. The van der Waals surface area contributed by atoms with Crippen molar-refractivity contribution in [2.24, 2.45) is 10.7 Å². The van der Waals surface area contributed by atoms with Crippen molar-refractivity contribution < 1.29 is 0 Å². The minimum absolute atomic E-state index is 0.621. The van der Waals surface area contributed by atoms with E-state index >= 15 is 0 Å². The van der Waals surface area contributed by atoms with Gasteiger partial charge in [-0.1, -0.05) is 76.9 Å². The second-order valence-corrected chi connectivity index (χ2v) is 7.86. The Bertz CT molecular complexity index is 351. The lowest BCUT2D eigenvalue weighted by atomic mass is 10.0. The predicted octanol–water partition coefficient (Wildman–Crippen LogP) is 6.09. The summed E-state index contributed by atoms with van der Waals surface area (Å²) in [7, 11) is 0. The molecule has 0 radical (unpaired) electrons. The molecule has 0 aromatic heterocycles. The van der Waals surface area contributed by atoms with Crippen LogP contribution in [0.5, 0.6) is 0 Å². The van der Waals surface area contributed by atoms with Gasteiger partial charge < -0.3 is 10.6 Å². The molecule has 1 aliphatic rings. The summed E-state index contributed by atoms with van der Waals surface area (Å²) < 4.78 is 0. The highest BCUT2D eigenvalue weighted by Gasteiger charge is 2.16. The van der Waals surface area contributed by atoms with E-state index < -0.39 is 0 Å². The van der Waals surface area contributed by atoms with Gasteiger partial charge in [-0.15, -0.1) is 0 Å². The Hall–Kier alpha value is -0.830. The average molecular weight is 364 g/mol. The van der Waals surface area contributed by atoms with E-state index in [4.69, 9.17) is 5.73 Å². The topological polar surface area (TPSA) is 41.6 Å². The van der Waals surface area contributed by atoms with Crippen molar-refractivity contribution in [2.45, 2.75) is 109 Å². The fourth-order valence-electron chi connectivity index (χ4n) is 3.79. The molecule has 2 N–H and O–H groups in total. The molecule has 0 fully saturated rings. The fourth-order valence-corrected chi connectivity index (χ4v) is 3.79. The molecule has 0 amide bonds. The molecule has 1 rings (SSSR count). The van der Waals surface area contributed by atoms with Gasteiger partial charge in [0.15, 0.2) is 0 Å². The molecule has 0 aromatic carbocycles. The maximum atomic E-state index is 5.78. The summed E-state index contributed by atoms with van der Waals surface area (Å²) in [5.74, 6) is 0. The first-order chi connectivity index (χ1) is 12.9. The SMILES string of the molecule is CCCCCCCC/C=C\CCCCCCCC(CCN)N1C=NCC1. The zero-order valence-electron chi connectivity index (χ0n) is 17.5. The van der Waals surface area contributed by atoms with Gasteiger partial charge in [-0.3, -0.25) is 4.99 Å². The summed E-state index contributed by atoms with van der Waals surface area (Å²) in [5.41, 5.74) is 5.78. The number of unbranched alkanes of at least 4 members (excludes halogenated alkanes) is 11. The molecule has 3 heteroatoms. The number of hydrogen-bond acceptors (Lipinski definition) is 3. The number of hydrogen-bond donors (Lipinski definition) is 1. The highest BCUT2D eigenvalue weighted by molar-refractivity contribution is 5.57. The monoisotopic (exact) mass is 363 g/mol. The van der Waals surface area contributed by atoms with E-state index in [9.17, 15) is 0 Å². The Labute approximate surface area is 163 Å².